The van der Waals surface area contributed by atoms with E-state index in [0.717, 1.165) is 5.56 Å². The third-order valence-electron chi connectivity index (χ3n) is 4.11. The summed E-state index contributed by atoms with van der Waals surface area (Å²) in [6.07, 6.45) is 0.389. The molecule has 0 bridgehead atoms. The third kappa shape index (κ3) is 4.04. The molecule has 1 aliphatic heterocycles. The number of ether oxygens (including phenoxy) is 5. The average molecular weight is 395 g/mol. The van der Waals surface area contributed by atoms with Crippen molar-refractivity contribution >= 4 is 10.0 Å². The highest BCUT2D eigenvalue weighted by molar-refractivity contribution is 7.89. The molecule has 0 aromatic heterocycles. The van der Waals surface area contributed by atoms with Gasteiger partial charge in [0.15, 0.2) is 23.0 Å². The molecule has 0 amide bonds. The molecule has 8 nitrogen and oxygen atoms in total. The molecule has 0 saturated heterocycles. The Bertz CT molecular complexity index is 928. The van der Waals surface area contributed by atoms with Crippen LogP contribution < -0.4 is 28.4 Å². The molecule has 146 valence electrons. The van der Waals surface area contributed by atoms with E-state index in [1.165, 1.54) is 26.4 Å². The highest BCUT2D eigenvalue weighted by Gasteiger charge is 2.20. The van der Waals surface area contributed by atoms with Gasteiger partial charge in [-0.25, -0.2) is 13.1 Å². The van der Waals surface area contributed by atoms with Gasteiger partial charge in [-0.15, -0.1) is 0 Å². The maximum absolute atomic E-state index is 12.5. The van der Waals surface area contributed by atoms with Crippen molar-refractivity contribution in [2.75, 3.05) is 34.7 Å². The fraction of sp³-hybridized carbons (Fsp3) is 0.333. The molecule has 0 unspecified atom stereocenters. The predicted octanol–water partition coefficient (Wildman–Crippen LogP) is 1.96. The third-order valence-corrected chi connectivity index (χ3v) is 5.56. The molecule has 0 fully saturated rings. The van der Waals surface area contributed by atoms with Crippen molar-refractivity contribution in [1.82, 2.24) is 4.72 Å². The van der Waals surface area contributed by atoms with Gasteiger partial charge in [-0.1, -0.05) is 0 Å². The van der Waals surface area contributed by atoms with E-state index < -0.39 is 10.0 Å². The Labute approximate surface area is 158 Å². The Morgan fingerprint density at radius 2 is 1.78 bits per heavy atom. The van der Waals surface area contributed by atoms with Gasteiger partial charge in [0.25, 0.3) is 0 Å². The molecular weight excluding hydrogens is 374 g/mol. The molecule has 0 aliphatic carbocycles. The van der Waals surface area contributed by atoms with E-state index in [1.54, 1.807) is 25.3 Å². The molecule has 0 atom stereocenters. The zero-order chi connectivity index (χ0) is 19.4. The first kappa shape index (κ1) is 19.1. The lowest BCUT2D eigenvalue weighted by Crippen LogP contribution is -2.26. The van der Waals surface area contributed by atoms with Crippen molar-refractivity contribution < 1.29 is 32.1 Å². The highest BCUT2D eigenvalue weighted by Crippen LogP contribution is 2.36. The van der Waals surface area contributed by atoms with Crippen molar-refractivity contribution in [3.63, 3.8) is 0 Å². The molecular formula is C18H21NO7S. The van der Waals surface area contributed by atoms with E-state index in [2.05, 4.69) is 4.72 Å². The van der Waals surface area contributed by atoms with Gasteiger partial charge in [0.05, 0.1) is 26.2 Å². The van der Waals surface area contributed by atoms with Gasteiger partial charge in [-0.05, 0) is 24.6 Å². The van der Waals surface area contributed by atoms with Crippen LogP contribution in [-0.4, -0.2) is 43.1 Å². The Morgan fingerprint density at radius 3 is 2.48 bits per heavy atom. The van der Waals surface area contributed by atoms with Gasteiger partial charge in [-0.3, -0.25) is 0 Å². The molecule has 1 N–H and O–H groups in total. The maximum atomic E-state index is 12.5. The highest BCUT2D eigenvalue weighted by atomic mass is 32.2. The fourth-order valence-electron chi connectivity index (χ4n) is 2.77. The maximum Gasteiger partial charge on any atom is 0.240 e. The molecule has 0 saturated carbocycles. The van der Waals surface area contributed by atoms with Crippen LogP contribution in [0.15, 0.2) is 35.2 Å². The molecule has 27 heavy (non-hydrogen) atoms. The SMILES string of the molecule is COc1cc(CCNS(=O)(=O)c2ccc3c(c2)OCO3)c(OC)c(OC)c1. The smallest absolute Gasteiger partial charge is 0.240 e. The van der Waals surface area contributed by atoms with E-state index in [9.17, 15) is 8.42 Å². The van der Waals surface area contributed by atoms with Crippen LogP contribution in [-0.2, 0) is 16.4 Å². The summed E-state index contributed by atoms with van der Waals surface area (Å²) < 4.78 is 54.0. The Morgan fingerprint density at radius 1 is 1.00 bits per heavy atom. The van der Waals surface area contributed by atoms with Crippen LogP contribution >= 0.6 is 0 Å². The predicted molar refractivity (Wildman–Crippen MR) is 97.6 cm³/mol. The van der Waals surface area contributed by atoms with Crippen molar-refractivity contribution in [3.05, 3.63) is 35.9 Å². The van der Waals surface area contributed by atoms with E-state index in [-0.39, 0.29) is 18.2 Å². The molecule has 1 heterocycles. The molecule has 9 heteroatoms. The number of rotatable bonds is 8. The number of hydrogen-bond acceptors (Lipinski definition) is 7. The lowest BCUT2D eigenvalue weighted by Gasteiger charge is -2.15. The fourth-order valence-corrected chi connectivity index (χ4v) is 3.81. The Kier molecular flexibility index (Phi) is 5.62. The van der Waals surface area contributed by atoms with Gasteiger partial charge in [0.1, 0.15) is 5.75 Å². The average Bonchev–Trinajstić information content (AvgIpc) is 3.14. The second kappa shape index (κ2) is 7.93. The lowest BCUT2D eigenvalue weighted by molar-refractivity contribution is 0.174. The first-order chi connectivity index (χ1) is 13.0. The minimum Gasteiger partial charge on any atom is -0.497 e. The normalized spacial score (nSPS) is 12.7. The first-order valence-electron chi connectivity index (χ1n) is 8.16. The Hall–Kier alpha value is -2.65. The first-order valence-corrected chi connectivity index (χ1v) is 9.65. The van der Waals surface area contributed by atoms with Crippen LogP contribution in [0.25, 0.3) is 0 Å². The van der Waals surface area contributed by atoms with E-state index >= 15 is 0 Å². The van der Waals surface area contributed by atoms with Gasteiger partial charge < -0.3 is 23.7 Å². The van der Waals surface area contributed by atoms with Crippen LogP contribution in [0.3, 0.4) is 0 Å². The number of benzene rings is 2. The standard InChI is InChI=1S/C18H21NO7S/c1-22-13-8-12(18(24-3)17(9-13)23-2)6-7-19-27(20,21)14-4-5-15-16(10-14)26-11-25-15/h4-5,8-10,19H,6-7,11H2,1-3H3. The van der Waals surface area contributed by atoms with Crippen molar-refractivity contribution in [1.29, 1.82) is 0 Å². The van der Waals surface area contributed by atoms with Crippen molar-refractivity contribution in [3.8, 4) is 28.7 Å². The molecule has 0 radical (unpaired) electrons. The van der Waals surface area contributed by atoms with Crippen LogP contribution in [0.1, 0.15) is 5.56 Å². The summed E-state index contributed by atoms with van der Waals surface area (Å²) in [5.74, 6) is 2.60. The van der Waals surface area contributed by atoms with Gasteiger partial charge in [0.2, 0.25) is 16.8 Å². The monoisotopic (exact) mass is 395 g/mol. The van der Waals surface area contributed by atoms with Gasteiger partial charge in [0, 0.05) is 24.2 Å². The number of sulfonamides is 1. The number of hydrogen-bond donors (Lipinski definition) is 1. The van der Waals surface area contributed by atoms with E-state index in [0.29, 0.717) is 35.2 Å². The van der Waals surface area contributed by atoms with Crippen LogP contribution in [0, 0.1) is 0 Å². The van der Waals surface area contributed by atoms with Crippen LogP contribution in [0.2, 0.25) is 0 Å². The summed E-state index contributed by atoms with van der Waals surface area (Å²) in [5.41, 5.74) is 0.766. The number of fused-ring (bicyclic) bond motifs is 1. The van der Waals surface area contributed by atoms with Crippen molar-refractivity contribution in [2.45, 2.75) is 11.3 Å². The zero-order valence-electron chi connectivity index (χ0n) is 15.3. The molecule has 2 aromatic carbocycles. The molecule has 1 aliphatic rings. The summed E-state index contributed by atoms with van der Waals surface area (Å²) in [7, 11) is 0.921. The second-order valence-electron chi connectivity index (χ2n) is 5.68. The number of methoxy groups -OCH3 is 3. The minimum atomic E-state index is -3.69. The van der Waals surface area contributed by atoms with Gasteiger partial charge >= 0.3 is 0 Å². The second-order valence-corrected chi connectivity index (χ2v) is 7.45. The molecule has 3 rings (SSSR count). The van der Waals surface area contributed by atoms with E-state index in [4.69, 9.17) is 23.7 Å². The van der Waals surface area contributed by atoms with Crippen LogP contribution in [0.4, 0.5) is 0 Å². The summed E-state index contributed by atoms with van der Waals surface area (Å²) in [4.78, 5) is 0.113. The van der Waals surface area contributed by atoms with Gasteiger partial charge in [-0.2, -0.15) is 0 Å². The topological polar surface area (TPSA) is 92.3 Å². The summed E-state index contributed by atoms with van der Waals surface area (Å²) in [6.45, 7) is 0.257. The Balaban J connectivity index is 1.74. The summed E-state index contributed by atoms with van der Waals surface area (Å²) in [6, 6.07) is 7.99. The van der Waals surface area contributed by atoms with Crippen molar-refractivity contribution in [2.24, 2.45) is 0 Å². The summed E-state index contributed by atoms with van der Waals surface area (Å²) in [5, 5.41) is 0. The molecule has 0 spiro atoms. The minimum absolute atomic E-state index is 0.0870. The zero-order valence-corrected chi connectivity index (χ0v) is 16.1. The largest absolute Gasteiger partial charge is 0.497 e. The van der Waals surface area contributed by atoms with E-state index in [1.807, 2.05) is 0 Å². The molecule has 2 aromatic rings. The summed E-state index contributed by atoms with van der Waals surface area (Å²) >= 11 is 0. The number of nitrogens with one attached hydrogen (secondary N) is 1. The van der Waals surface area contributed by atoms with Crippen LogP contribution in [0.5, 0.6) is 28.7 Å². The lowest BCUT2D eigenvalue weighted by atomic mass is 10.1. The quantitative estimate of drug-likeness (QED) is 0.730.